The number of amidine groups is 1. The highest BCUT2D eigenvalue weighted by Crippen LogP contribution is 2.13. The fourth-order valence-corrected chi connectivity index (χ4v) is 2.08. The molecule has 0 amide bonds. The van der Waals surface area contributed by atoms with Crippen molar-refractivity contribution in [2.45, 2.75) is 32.8 Å². The first-order valence-electron chi connectivity index (χ1n) is 5.10. The summed E-state index contributed by atoms with van der Waals surface area (Å²) in [6.45, 7) is 4.52. The van der Waals surface area contributed by atoms with Crippen molar-refractivity contribution >= 4 is 17.2 Å². The number of hydrogen-bond acceptors (Lipinski definition) is 5. The SMILES string of the molecule is Cc1ncsc1CCOC(C)CC(N)=NO. The standard InChI is InChI=1S/C10H17N3O2S/c1-7(5-10(11)13-14)15-4-3-9-8(2)12-6-16-9/h6-7,14H,3-5H2,1-2H3,(H2,11,13). The highest BCUT2D eigenvalue weighted by atomic mass is 32.1. The largest absolute Gasteiger partial charge is 0.409 e. The molecule has 6 heteroatoms. The van der Waals surface area contributed by atoms with E-state index in [4.69, 9.17) is 15.7 Å². The van der Waals surface area contributed by atoms with Gasteiger partial charge in [0.25, 0.3) is 0 Å². The van der Waals surface area contributed by atoms with Crippen LogP contribution in [0.5, 0.6) is 0 Å². The van der Waals surface area contributed by atoms with Gasteiger partial charge in [0.1, 0.15) is 5.84 Å². The van der Waals surface area contributed by atoms with Crippen molar-refractivity contribution in [2.75, 3.05) is 6.61 Å². The molecule has 0 aromatic carbocycles. The number of oxime groups is 1. The molecule has 0 fully saturated rings. The number of nitrogens with two attached hydrogens (primary N) is 1. The maximum Gasteiger partial charge on any atom is 0.141 e. The molecule has 1 aromatic rings. The Morgan fingerprint density at radius 3 is 3.06 bits per heavy atom. The smallest absolute Gasteiger partial charge is 0.141 e. The summed E-state index contributed by atoms with van der Waals surface area (Å²) in [7, 11) is 0. The Morgan fingerprint density at radius 1 is 1.75 bits per heavy atom. The molecule has 1 unspecified atom stereocenters. The van der Waals surface area contributed by atoms with E-state index < -0.39 is 0 Å². The van der Waals surface area contributed by atoms with Crippen molar-refractivity contribution in [1.82, 2.24) is 4.98 Å². The van der Waals surface area contributed by atoms with Crippen LogP contribution in [0.2, 0.25) is 0 Å². The summed E-state index contributed by atoms with van der Waals surface area (Å²) in [6.07, 6.45) is 1.26. The first kappa shape index (κ1) is 12.9. The summed E-state index contributed by atoms with van der Waals surface area (Å²) < 4.78 is 5.55. The third-order valence-corrected chi connectivity index (χ3v) is 3.20. The lowest BCUT2D eigenvalue weighted by Gasteiger charge is -2.11. The summed E-state index contributed by atoms with van der Waals surface area (Å²) >= 11 is 1.64. The molecule has 16 heavy (non-hydrogen) atoms. The molecule has 0 aliphatic rings. The van der Waals surface area contributed by atoms with Crippen molar-refractivity contribution in [3.05, 3.63) is 16.1 Å². The highest BCUT2D eigenvalue weighted by Gasteiger charge is 2.06. The average Bonchev–Trinajstić information content (AvgIpc) is 2.64. The molecular formula is C10H17N3O2S. The number of ether oxygens (including phenoxy) is 1. The summed E-state index contributed by atoms with van der Waals surface area (Å²) in [5.41, 5.74) is 8.28. The van der Waals surface area contributed by atoms with Gasteiger partial charge in [-0.25, -0.2) is 4.98 Å². The maximum absolute atomic E-state index is 8.40. The first-order chi connectivity index (χ1) is 7.63. The van der Waals surface area contributed by atoms with E-state index in [1.54, 1.807) is 11.3 Å². The van der Waals surface area contributed by atoms with Crippen LogP contribution in [0.3, 0.4) is 0 Å². The molecule has 0 aliphatic carbocycles. The Hall–Kier alpha value is -1.14. The number of rotatable bonds is 6. The number of aromatic nitrogens is 1. The second kappa shape index (κ2) is 6.44. The lowest BCUT2D eigenvalue weighted by atomic mass is 10.2. The highest BCUT2D eigenvalue weighted by molar-refractivity contribution is 7.09. The molecule has 1 atom stereocenters. The average molecular weight is 243 g/mol. The van der Waals surface area contributed by atoms with Crippen LogP contribution in [0.25, 0.3) is 0 Å². The Bertz CT molecular complexity index is 352. The topological polar surface area (TPSA) is 80.7 Å². The van der Waals surface area contributed by atoms with Gasteiger partial charge in [-0.2, -0.15) is 0 Å². The summed E-state index contributed by atoms with van der Waals surface area (Å²) in [5.74, 6) is 0.196. The Morgan fingerprint density at radius 2 is 2.50 bits per heavy atom. The molecule has 1 rings (SSSR count). The van der Waals surface area contributed by atoms with Crippen LogP contribution >= 0.6 is 11.3 Å². The quantitative estimate of drug-likeness (QED) is 0.344. The monoisotopic (exact) mass is 243 g/mol. The molecule has 0 radical (unpaired) electrons. The zero-order valence-corrected chi connectivity index (χ0v) is 10.3. The number of nitrogens with zero attached hydrogens (tertiary/aromatic N) is 2. The fourth-order valence-electron chi connectivity index (χ4n) is 1.31. The predicted octanol–water partition coefficient (Wildman–Crippen LogP) is 1.54. The van der Waals surface area contributed by atoms with E-state index in [-0.39, 0.29) is 11.9 Å². The Labute approximate surface area is 98.9 Å². The third-order valence-electron chi connectivity index (χ3n) is 2.20. The van der Waals surface area contributed by atoms with Crippen LogP contribution in [0, 0.1) is 6.92 Å². The fraction of sp³-hybridized carbons (Fsp3) is 0.600. The van der Waals surface area contributed by atoms with Gasteiger partial charge in [0.2, 0.25) is 0 Å². The zero-order chi connectivity index (χ0) is 12.0. The lowest BCUT2D eigenvalue weighted by Crippen LogP contribution is -2.21. The minimum atomic E-state index is -0.0378. The molecular weight excluding hydrogens is 226 g/mol. The molecule has 90 valence electrons. The zero-order valence-electron chi connectivity index (χ0n) is 9.51. The van der Waals surface area contributed by atoms with Crippen LogP contribution < -0.4 is 5.73 Å². The second-order valence-electron chi connectivity index (χ2n) is 3.59. The van der Waals surface area contributed by atoms with Gasteiger partial charge in [-0.05, 0) is 13.8 Å². The van der Waals surface area contributed by atoms with Gasteiger partial charge in [-0.1, -0.05) is 5.16 Å². The summed E-state index contributed by atoms with van der Waals surface area (Å²) in [4.78, 5) is 5.41. The molecule has 3 N–H and O–H groups in total. The molecule has 1 aromatic heterocycles. The van der Waals surface area contributed by atoms with E-state index in [0.29, 0.717) is 13.0 Å². The van der Waals surface area contributed by atoms with E-state index >= 15 is 0 Å². The van der Waals surface area contributed by atoms with Crippen molar-refractivity contribution in [3.8, 4) is 0 Å². The molecule has 1 heterocycles. The van der Waals surface area contributed by atoms with E-state index in [9.17, 15) is 0 Å². The minimum absolute atomic E-state index is 0.0378. The van der Waals surface area contributed by atoms with Crippen LogP contribution in [-0.2, 0) is 11.2 Å². The van der Waals surface area contributed by atoms with E-state index in [1.807, 2.05) is 19.4 Å². The van der Waals surface area contributed by atoms with Gasteiger partial charge in [0.05, 0.1) is 23.9 Å². The van der Waals surface area contributed by atoms with Gasteiger partial charge in [-0.3, -0.25) is 0 Å². The molecule has 0 aliphatic heterocycles. The van der Waals surface area contributed by atoms with Gasteiger partial charge in [0.15, 0.2) is 0 Å². The lowest BCUT2D eigenvalue weighted by molar-refractivity contribution is 0.0729. The van der Waals surface area contributed by atoms with Crippen molar-refractivity contribution in [1.29, 1.82) is 0 Å². The van der Waals surface area contributed by atoms with E-state index in [2.05, 4.69) is 10.1 Å². The van der Waals surface area contributed by atoms with Crippen LogP contribution in [0.15, 0.2) is 10.7 Å². The maximum atomic E-state index is 8.40. The Balaban J connectivity index is 2.23. The minimum Gasteiger partial charge on any atom is -0.409 e. The molecule has 0 spiro atoms. The number of aryl methyl sites for hydroxylation is 1. The third kappa shape index (κ3) is 4.16. The normalized spacial score (nSPS) is 14.0. The van der Waals surface area contributed by atoms with Gasteiger partial charge < -0.3 is 15.7 Å². The van der Waals surface area contributed by atoms with Crippen LogP contribution in [0.1, 0.15) is 23.9 Å². The van der Waals surface area contributed by atoms with Crippen LogP contribution in [0.4, 0.5) is 0 Å². The van der Waals surface area contributed by atoms with E-state index in [0.717, 1.165) is 12.1 Å². The Kier molecular flexibility index (Phi) is 5.21. The van der Waals surface area contributed by atoms with Crippen molar-refractivity contribution in [3.63, 3.8) is 0 Å². The van der Waals surface area contributed by atoms with Gasteiger partial charge >= 0.3 is 0 Å². The van der Waals surface area contributed by atoms with E-state index in [1.165, 1.54) is 4.88 Å². The summed E-state index contributed by atoms with van der Waals surface area (Å²) in [6, 6.07) is 0. The first-order valence-corrected chi connectivity index (χ1v) is 5.98. The molecule has 0 bridgehead atoms. The van der Waals surface area contributed by atoms with Gasteiger partial charge in [-0.15, -0.1) is 11.3 Å². The molecule has 0 saturated carbocycles. The van der Waals surface area contributed by atoms with Gasteiger partial charge in [0, 0.05) is 17.7 Å². The number of hydrogen-bond donors (Lipinski definition) is 2. The number of thiazole rings is 1. The van der Waals surface area contributed by atoms with Crippen molar-refractivity contribution < 1.29 is 9.94 Å². The van der Waals surface area contributed by atoms with Crippen LogP contribution in [-0.4, -0.2) is 28.7 Å². The second-order valence-corrected chi connectivity index (χ2v) is 4.53. The molecule has 5 nitrogen and oxygen atoms in total. The van der Waals surface area contributed by atoms with Crippen molar-refractivity contribution in [2.24, 2.45) is 10.9 Å². The summed E-state index contributed by atoms with van der Waals surface area (Å²) in [5, 5.41) is 11.3. The predicted molar refractivity (Wildman–Crippen MR) is 64.0 cm³/mol. The molecule has 0 saturated heterocycles.